The standard InChI is InChI=1S/C17H20ClN3/c18-12-4-13(19)15-14(5-12)20-16(21-15)17-6-9-1-10(7-17)3-11(2-9)8-17/h4-5,9-11H,1-3,6-8,19H2,(H,20,21). The summed E-state index contributed by atoms with van der Waals surface area (Å²) in [5.74, 6) is 3.94. The van der Waals surface area contributed by atoms with Crippen LogP contribution in [-0.2, 0) is 5.41 Å². The number of aromatic nitrogens is 2. The van der Waals surface area contributed by atoms with E-state index in [9.17, 15) is 0 Å². The van der Waals surface area contributed by atoms with Gasteiger partial charge >= 0.3 is 0 Å². The van der Waals surface area contributed by atoms with Gasteiger partial charge in [0.15, 0.2) is 0 Å². The molecule has 0 unspecified atom stereocenters. The fourth-order valence-corrected chi connectivity index (χ4v) is 5.99. The first-order valence-electron chi connectivity index (χ1n) is 8.06. The van der Waals surface area contributed by atoms with Crippen molar-refractivity contribution >= 4 is 28.3 Å². The maximum Gasteiger partial charge on any atom is 0.113 e. The highest BCUT2D eigenvalue weighted by Gasteiger charge is 2.53. The molecule has 3 nitrogen and oxygen atoms in total. The Kier molecular flexibility index (Phi) is 2.32. The Bertz CT molecular complexity index is 698. The zero-order valence-corrected chi connectivity index (χ0v) is 12.8. The van der Waals surface area contributed by atoms with Gasteiger partial charge in [0.25, 0.3) is 0 Å². The van der Waals surface area contributed by atoms with Crippen LogP contribution in [0.4, 0.5) is 5.69 Å². The van der Waals surface area contributed by atoms with Crippen LogP contribution in [0, 0.1) is 17.8 Å². The molecule has 1 aromatic carbocycles. The number of nitrogen functional groups attached to an aromatic ring is 1. The highest BCUT2D eigenvalue weighted by atomic mass is 35.5. The largest absolute Gasteiger partial charge is 0.397 e. The molecule has 4 bridgehead atoms. The monoisotopic (exact) mass is 301 g/mol. The number of hydrogen-bond acceptors (Lipinski definition) is 2. The molecule has 4 aliphatic carbocycles. The summed E-state index contributed by atoms with van der Waals surface area (Å²) < 4.78 is 0. The van der Waals surface area contributed by atoms with Crippen LogP contribution in [0.2, 0.25) is 5.02 Å². The number of imidazole rings is 1. The average Bonchev–Trinajstić information content (AvgIpc) is 2.82. The third-order valence-corrected chi connectivity index (χ3v) is 6.34. The molecule has 6 rings (SSSR count). The van der Waals surface area contributed by atoms with E-state index in [-0.39, 0.29) is 5.41 Å². The van der Waals surface area contributed by atoms with Crippen LogP contribution in [0.15, 0.2) is 12.1 Å². The Morgan fingerprint density at radius 1 is 1.10 bits per heavy atom. The lowest BCUT2D eigenvalue weighted by Crippen LogP contribution is -2.49. The molecule has 4 heteroatoms. The van der Waals surface area contributed by atoms with Gasteiger partial charge in [-0.3, -0.25) is 0 Å². The van der Waals surface area contributed by atoms with E-state index in [4.69, 9.17) is 22.3 Å². The van der Waals surface area contributed by atoms with E-state index < -0.39 is 0 Å². The Morgan fingerprint density at radius 2 is 1.71 bits per heavy atom. The van der Waals surface area contributed by atoms with E-state index >= 15 is 0 Å². The van der Waals surface area contributed by atoms with Gasteiger partial charge < -0.3 is 10.7 Å². The van der Waals surface area contributed by atoms with Gasteiger partial charge in [-0.1, -0.05) is 11.6 Å². The van der Waals surface area contributed by atoms with E-state index in [1.165, 1.54) is 44.3 Å². The third kappa shape index (κ3) is 1.70. The Morgan fingerprint density at radius 3 is 2.33 bits per heavy atom. The molecule has 0 saturated heterocycles. The normalized spacial score (nSPS) is 37.5. The molecule has 0 amide bonds. The van der Waals surface area contributed by atoms with Gasteiger partial charge in [-0.2, -0.15) is 0 Å². The van der Waals surface area contributed by atoms with Gasteiger partial charge in [-0.25, -0.2) is 4.98 Å². The summed E-state index contributed by atoms with van der Waals surface area (Å²) in [5, 5.41) is 0.681. The number of H-pyrrole nitrogens is 1. The maximum absolute atomic E-state index is 6.12. The lowest BCUT2D eigenvalue weighted by molar-refractivity contribution is -0.00886. The Balaban J connectivity index is 1.65. The number of nitrogens with zero attached hydrogens (tertiary/aromatic N) is 1. The second-order valence-electron chi connectivity index (χ2n) is 7.67. The van der Waals surface area contributed by atoms with Crippen LogP contribution in [0.1, 0.15) is 44.3 Å². The summed E-state index contributed by atoms with van der Waals surface area (Å²) in [6, 6.07) is 3.75. The molecule has 1 heterocycles. The second-order valence-corrected chi connectivity index (χ2v) is 8.11. The Labute approximate surface area is 129 Å². The maximum atomic E-state index is 6.12. The van der Waals surface area contributed by atoms with Gasteiger partial charge in [0.1, 0.15) is 11.3 Å². The Hall–Kier alpha value is -1.22. The van der Waals surface area contributed by atoms with Crippen molar-refractivity contribution in [2.24, 2.45) is 17.8 Å². The lowest BCUT2D eigenvalue weighted by Gasteiger charge is -2.55. The van der Waals surface area contributed by atoms with Crippen LogP contribution < -0.4 is 5.73 Å². The predicted octanol–water partition coefficient (Wildman–Crippen LogP) is 4.27. The van der Waals surface area contributed by atoms with E-state index in [1.807, 2.05) is 6.07 Å². The molecule has 0 aliphatic heterocycles. The first kappa shape index (κ1) is 12.3. The molecule has 4 aliphatic rings. The minimum Gasteiger partial charge on any atom is -0.397 e. The molecule has 1 aromatic heterocycles. The first-order valence-corrected chi connectivity index (χ1v) is 8.44. The van der Waals surface area contributed by atoms with Crippen molar-refractivity contribution in [3.63, 3.8) is 0 Å². The minimum atomic E-state index is 0.284. The zero-order chi connectivity index (χ0) is 14.2. The lowest BCUT2D eigenvalue weighted by atomic mass is 9.49. The topological polar surface area (TPSA) is 54.7 Å². The van der Waals surface area contributed by atoms with Crippen LogP contribution in [0.25, 0.3) is 11.0 Å². The molecule has 4 saturated carbocycles. The van der Waals surface area contributed by atoms with Crippen molar-refractivity contribution in [2.45, 2.75) is 43.9 Å². The van der Waals surface area contributed by atoms with Gasteiger partial charge in [0, 0.05) is 10.4 Å². The number of aromatic amines is 1. The van der Waals surface area contributed by atoms with Gasteiger partial charge in [0.05, 0.1) is 11.2 Å². The van der Waals surface area contributed by atoms with Crippen molar-refractivity contribution in [1.29, 1.82) is 0 Å². The van der Waals surface area contributed by atoms with Gasteiger partial charge in [-0.15, -0.1) is 0 Å². The van der Waals surface area contributed by atoms with Gasteiger partial charge in [-0.05, 0) is 68.4 Å². The van der Waals surface area contributed by atoms with Crippen LogP contribution in [0.3, 0.4) is 0 Å². The molecule has 0 atom stereocenters. The van der Waals surface area contributed by atoms with Crippen molar-refractivity contribution in [1.82, 2.24) is 9.97 Å². The summed E-state index contributed by atoms with van der Waals surface area (Å²) in [4.78, 5) is 8.46. The predicted molar refractivity (Wildman–Crippen MR) is 85.4 cm³/mol. The number of halogens is 1. The second kappa shape index (κ2) is 3.95. The highest BCUT2D eigenvalue weighted by Crippen LogP contribution is 2.60. The van der Waals surface area contributed by atoms with Crippen LogP contribution in [0.5, 0.6) is 0 Å². The third-order valence-electron chi connectivity index (χ3n) is 6.12. The number of nitrogens with one attached hydrogen (secondary N) is 1. The number of rotatable bonds is 1. The van der Waals surface area contributed by atoms with E-state index in [0.29, 0.717) is 10.7 Å². The van der Waals surface area contributed by atoms with Crippen LogP contribution in [-0.4, -0.2) is 9.97 Å². The van der Waals surface area contributed by atoms with E-state index in [2.05, 4.69) is 4.98 Å². The minimum absolute atomic E-state index is 0.284. The fourth-order valence-electron chi connectivity index (χ4n) is 5.76. The van der Waals surface area contributed by atoms with E-state index in [1.54, 1.807) is 6.07 Å². The van der Waals surface area contributed by atoms with Gasteiger partial charge in [0.2, 0.25) is 0 Å². The fraction of sp³-hybridized carbons (Fsp3) is 0.588. The van der Waals surface area contributed by atoms with Crippen molar-refractivity contribution in [3.05, 3.63) is 23.0 Å². The summed E-state index contributed by atoms with van der Waals surface area (Å²) in [6.45, 7) is 0. The SMILES string of the molecule is Nc1cc(Cl)cc2[nH]c(C34CC5CC(CC(C5)C3)C4)nc12. The zero-order valence-electron chi connectivity index (χ0n) is 12.0. The summed E-state index contributed by atoms with van der Waals surface area (Å²) >= 11 is 6.12. The number of nitrogens with two attached hydrogens (primary N) is 1. The molecule has 3 N–H and O–H groups in total. The average molecular weight is 302 g/mol. The molecule has 21 heavy (non-hydrogen) atoms. The molecule has 4 fully saturated rings. The quantitative estimate of drug-likeness (QED) is 0.773. The molecule has 110 valence electrons. The molecule has 0 spiro atoms. The first-order chi connectivity index (χ1) is 10.1. The number of benzene rings is 1. The van der Waals surface area contributed by atoms with Crippen molar-refractivity contribution in [2.75, 3.05) is 5.73 Å². The molecule has 0 radical (unpaired) electrons. The van der Waals surface area contributed by atoms with Crippen molar-refractivity contribution in [3.8, 4) is 0 Å². The molecule has 2 aromatic rings. The smallest absolute Gasteiger partial charge is 0.113 e. The molecular formula is C17H20ClN3. The van der Waals surface area contributed by atoms with E-state index in [0.717, 1.165) is 28.8 Å². The number of hydrogen-bond donors (Lipinski definition) is 2. The number of fused-ring (bicyclic) bond motifs is 1. The molecular weight excluding hydrogens is 282 g/mol. The van der Waals surface area contributed by atoms with Crippen molar-refractivity contribution < 1.29 is 0 Å². The number of anilines is 1. The summed E-state index contributed by atoms with van der Waals surface area (Å²) in [5.41, 5.74) is 8.95. The highest BCUT2D eigenvalue weighted by molar-refractivity contribution is 6.31. The van der Waals surface area contributed by atoms with Crippen LogP contribution >= 0.6 is 11.6 Å². The summed E-state index contributed by atoms with van der Waals surface area (Å²) in [7, 11) is 0. The summed E-state index contributed by atoms with van der Waals surface area (Å²) in [6.07, 6.45) is 8.29.